The van der Waals surface area contributed by atoms with Crippen LogP contribution in [0.3, 0.4) is 0 Å². The highest BCUT2D eigenvalue weighted by Crippen LogP contribution is 2.26. The molecule has 0 radical (unpaired) electrons. The predicted octanol–water partition coefficient (Wildman–Crippen LogP) is 5.61. The number of hydrogen-bond donors (Lipinski definition) is 1. The monoisotopic (exact) mass is 527 g/mol. The van der Waals surface area contributed by atoms with Crippen LogP contribution < -0.4 is 5.32 Å². The van der Waals surface area contributed by atoms with Crippen molar-refractivity contribution in [2.45, 2.75) is 38.8 Å². The lowest BCUT2D eigenvalue weighted by Crippen LogP contribution is -2.51. The lowest BCUT2D eigenvalue weighted by atomic mass is 10.0. The van der Waals surface area contributed by atoms with E-state index in [2.05, 4.69) is 5.32 Å². The number of nitro groups is 1. The van der Waals surface area contributed by atoms with E-state index < -0.39 is 16.9 Å². The predicted molar refractivity (Wildman–Crippen MR) is 141 cm³/mol. The Morgan fingerprint density at radius 1 is 1.00 bits per heavy atom. The Bertz CT molecular complexity index is 1220. The van der Waals surface area contributed by atoms with E-state index in [4.69, 9.17) is 23.2 Å². The van der Waals surface area contributed by atoms with Crippen LogP contribution in [-0.4, -0.2) is 34.2 Å². The quantitative estimate of drug-likeness (QED) is 0.259. The number of benzene rings is 3. The summed E-state index contributed by atoms with van der Waals surface area (Å²) in [5.74, 6) is -0.732. The fourth-order valence-electron chi connectivity index (χ4n) is 3.86. The average Bonchev–Trinajstić information content (AvgIpc) is 2.86. The van der Waals surface area contributed by atoms with Crippen LogP contribution in [0.2, 0.25) is 10.0 Å². The maximum Gasteiger partial charge on any atom is 0.273 e. The molecule has 0 aliphatic carbocycles. The largest absolute Gasteiger partial charge is 0.354 e. The Morgan fingerprint density at radius 3 is 2.36 bits per heavy atom. The van der Waals surface area contributed by atoms with Gasteiger partial charge in [0.2, 0.25) is 11.8 Å². The number of para-hydroxylation sites is 1. The second kappa shape index (κ2) is 13.0. The summed E-state index contributed by atoms with van der Waals surface area (Å²) in [5.41, 5.74) is 1.61. The Hall–Kier alpha value is -3.42. The lowest BCUT2D eigenvalue weighted by Gasteiger charge is -2.32. The average molecular weight is 528 g/mol. The molecule has 0 unspecified atom stereocenters. The minimum Gasteiger partial charge on any atom is -0.354 e. The number of nitro benzene ring substituents is 1. The molecule has 0 fully saturated rings. The Balaban J connectivity index is 2.02. The van der Waals surface area contributed by atoms with Crippen molar-refractivity contribution in [3.05, 3.63) is 110 Å². The Labute approximate surface area is 220 Å². The van der Waals surface area contributed by atoms with Crippen LogP contribution in [0.25, 0.3) is 0 Å². The van der Waals surface area contributed by atoms with Gasteiger partial charge in [-0.15, -0.1) is 0 Å². The van der Waals surface area contributed by atoms with E-state index in [1.54, 1.807) is 36.4 Å². The van der Waals surface area contributed by atoms with Gasteiger partial charge >= 0.3 is 0 Å². The number of nitrogens with zero attached hydrogens (tertiary/aromatic N) is 2. The number of rotatable bonds is 11. The molecule has 9 heteroatoms. The van der Waals surface area contributed by atoms with Gasteiger partial charge in [-0.25, -0.2) is 0 Å². The summed E-state index contributed by atoms with van der Waals surface area (Å²) in [5, 5.41) is 15.2. The normalized spacial score (nSPS) is 11.5. The zero-order chi connectivity index (χ0) is 26.1. The molecule has 0 bridgehead atoms. The Kier molecular flexibility index (Phi) is 9.85. The molecule has 188 valence electrons. The van der Waals surface area contributed by atoms with Crippen LogP contribution in [0.15, 0.2) is 72.8 Å². The summed E-state index contributed by atoms with van der Waals surface area (Å²) in [4.78, 5) is 39.5. The third-order valence-electron chi connectivity index (χ3n) is 5.71. The SMILES string of the molecule is CCCNC(=O)[C@@H](Cc1ccccc1)N(Cc1ccc(Cl)cc1Cl)C(=O)Cc1ccccc1[N+](=O)[O-]. The van der Waals surface area contributed by atoms with Crippen molar-refractivity contribution in [1.82, 2.24) is 10.2 Å². The maximum atomic E-state index is 13.7. The van der Waals surface area contributed by atoms with E-state index >= 15 is 0 Å². The van der Waals surface area contributed by atoms with Crippen LogP contribution in [0.1, 0.15) is 30.0 Å². The van der Waals surface area contributed by atoms with Crippen LogP contribution in [0.4, 0.5) is 5.69 Å². The van der Waals surface area contributed by atoms with Crippen molar-refractivity contribution in [3.63, 3.8) is 0 Å². The molecule has 2 amide bonds. The van der Waals surface area contributed by atoms with Gasteiger partial charge in [0.1, 0.15) is 6.04 Å². The molecule has 0 spiro atoms. The van der Waals surface area contributed by atoms with Crippen molar-refractivity contribution in [3.8, 4) is 0 Å². The first-order valence-electron chi connectivity index (χ1n) is 11.6. The van der Waals surface area contributed by atoms with Crippen LogP contribution in [0, 0.1) is 10.1 Å². The van der Waals surface area contributed by atoms with Crippen molar-refractivity contribution >= 4 is 40.7 Å². The molecule has 1 N–H and O–H groups in total. The van der Waals surface area contributed by atoms with E-state index in [-0.39, 0.29) is 36.5 Å². The van der Waals surface area contributed by atoms with Gasteiger partial charge in [-0.1, -0.05) is 84.7 Å². The molecule has 3 aromatic carbocycles. The van der Waals surface area contributed by atoms with Gasteiger partial charge in [0.05, 0.1) is 11.3 Å². The summed E-state index contributed by atoms with van der Waals surface area (Å²) in [6, 6.07) is 19.6. The van der Waals surface area contributed by atoms with E-state index in [9.17, 15) is 19.7 Å². The molecule has 7 nitrogen and oxygen atoms in total. The number of nitrogens with one attached hydrogen (secondary N) is 1. The van der Waals surface area contributed by atoms with Gasteiger partial charge in [-0.2, -0.15) is 0 Å². The molecule has 0 aliphatic heterocycles. The van der Waals surface area contributed by atoms with E-state index in [0.717, 1.165) is 12.0 Å². The van der Waals surface area contributed by atoms with Gasteiger partial charge < -0.3 is 10.2 Å². The van der Waals surface area contributed by atoms with Crippen LogP contribution >= 0.6 is 23.2 Å². The molecule has 3 aromatic rings. The number of amides is 2. The zero-order valence-corrected chi connectivity index (χ0v) is 21.3. The minimum atomic E-state index is -0.860. The fourth-order valence-corrected chi connectivity index (χ4v) is 4.32. The van der Waals surface area contributed by atoms with Crippen molar-refractivity contribution in [1.29, 1.82) is 0 Å². The van der Waals surface area contributed by atoms with Gasteiger partial charge in [-0.3, -0.25) is 19.7 Å². The first kappa shape index (κ1) is 27.2. The standard InChI is InChI=1S/C27H27Cl2N3O4/c1-2-14-30-27(34)25(15-19-8-4-3-5-9-19)31(18-21-12-13-22(28)17-23(21)29)26(33)16-20-10-6-7-11-24(20)32(35)36/h3-13,17,25H,2,14-16,18H2,1H3,(H,30,34)/t25-/m1/s1. The highest BCUT2D eigenvalue weighted by atomic mass is 35.5. The van der Waals surface area contributed by atoms with Gasteiger partial charge in [0.15, 0.2) is 0 Å². The first-order chi connectivity index (χ1) is 17.3. The second-order valence-corrected chi connectivity index (χ2v) is 9.16. The van der Waals surface area contributed by atoms with Crippen molar-refractivity contribution < 1.29 is 14.5 Å². The van der Waals surface area contributed by atoms with Crippen LogP contribution in [0.5, 0.6) is 0 Å². The number of carbonyl (C=O) groups is 2. The highest BCUT2D eigenvalue weighted by Gasteiger charge is 2.31. The molecule has 3 rings (SSSR count). The zero-order valence-electron chi connectivity index (χ0n) is 19.8. The first-order valence-corrected chi connectivity index (χ1v) is 12.3. The number of halogens is 2. The molecular weight excluding hydrogens is 501 g/mol. The lowest BCUT2D eigenvalue weighted by molar-refractivity contribution is -0.385. The summed E-state index contributed by atoms with van der Waals surface area (Å²) in [6.07, 6.45) is 0.760. The topological polar surface area (TPSA) is 92.6 Å². The Morgan fingerprint density at radius 2 is 1.69 bits per heavy atom. The van der Waals surface area contributed by atoms with E-state index in [0.29, 0.717) is 22.2 Å². The van der Waals surface area contributed by atoms with Crippen LogP contribution in [-0.2, 0) is 29.0 Å². The molecule has 0 saturated carbocycles. The summed E-state index contributed by atoms with van der Waals surface area (Å²) < 4.78 is 0. The fraction of sp³-hybridized carbons (Fsp3) is 0.259. The second-order valence-electron chi connectivity index (χ2n) is 8.32. The highest BCUT2D eigenvalue weighted by molar-refractivity contribution is 6.35. The van der Waals surface area contributed by atoms with Gasteiger partial charge in [-0.05, 0) is 29.7 Å². The number of hydrogen-bond acceptors (Lipinski definition) is 4. The van der Waals surface area contributed by atoms with E-state index in [1.165, 1.54) is 11.0 Å². The van der Waals surface area contributed by atoms with Crippen molar-refractivity contribution in [2.75, 3.05) is 6.54 Å². The molecule has 1 atom stereocenters. The molecule has 0 aliphatic rings. The van der Waals surface area contributed by atoms with E-state index in [1.807, 2.05) is 37.3 Å². The third-order valence-corrected chi connectivity index (χ3v) is 6.29. The van der Waals surface area contributed by atoms with Crippen molar-refractivity contribution in [2.24, 2.45) is 0 Å². The molecule has 0 heterocycles. The molecule has 0 saturated heterocycles. The molecule has 0 aromatic heterocycles. The molecule has 36 heavy (non-hydrogen) atoms. The maximum absolute atomic E-state index is 13.7. The van der Waals surface area contributed by atoms with Gasteiger partial charge in [0, 0.05) is 41.2 Å². The van der Waals surface area contributed by atoms with Gasteiger partial charge in [0.25, 0.3) is 5.69 Å². The molecular formula is C27H27Cl2N3O4. The number of carbonyl (C=O) groups excluding carboxylic acids is 2. The summed E-state index contributed by atoms with van der Waals surface area (Å²) >= 11 is 12.5. The minimum absolute atomic E-state index is 0.0342. The summed E-state index contributed by atoms with van der Waals surface area (Å²) in [6.45, 7) is 2.43. The third kappa shape index (κ3) is 7.29. The summed E-state index contributed by atoms with van der Waals surface area (Å²) in [7, 11) is 0. The smallest absolute Gasteiger partial charge is 0.273 e.